The molecule has 0 amide bonds. The van der Waals surface area contributed by atoms with Crippen molar-refractivity contribution < 1.29 is 4.79 Å². The van der Waals surface area contributed by atoms with Crippen LogP contribution in [-0.4, -0.2) is 5.24 Å². The molecule has 0 aliphatic heterocycles. The van der Waals surface area contributed by atoms with Gasteiger partial charge >= 0.3 is 0 Å². The molecule has 0 spiro atoms. The number of rotatable bonds is 5. The molecule has 20 heavy (non-hydrogen) atoms. The molecule has 0 unspecified atom stereocenters. The number of benzene rings is 1. The third-order valence-corrected chi connectivity index (χ3v) is 4.90. The molecule has 1 heterocycles. The van der Waals surface area contributed by atoms with Crippen molar-refractivity contribution in [2.45, 2.75) is 46.0 Å². The highest BCUT2D eigenvalue weighted by molar-refractivity contribution is 7.23. The van der Waals surface area contributed by atoms with Gasteiger partial charge in [0.05, 0.1) is 5.02 Å². The topological polar surface area (TPSA) is 17.1 Å². The van der Waals surface area contributed by atoms with Crippen LogP contribution in [-0.2, 0) is 0 Å². The van der Waals surface area contributed by atoms with Gasteiger partial charge in [-0.05, 0) is 17.7 Å². The van der Waals surface area contributed by atoms with Crippen LogP contribution in [0.15, 0.2) is 24.3 Å². The number of fused-ring (bicyclic) bond motifs is 1. The lowest BCUT2D eigenvalue weighted by Gasteiger charge is -1.90. The van der Waals surface area contributed by atoms with Crippen LogP contribution in [0.3, 0.4) is 0 Å². The summed E-state index contributed by atoms with van der Waals surface area (Å²) in [5, 5.41) is 0.852. The number of thiophene rings is 1. The summed E-state index contributed by atoms with van der Waals surface area (Å²) in [4.78, 5) is 11.3. The Morgan fingerprint density at radius 3 is 2.20 bits per heavy atom. The van der Waals surface area contributed by atoms with Crippen LogP contribution in [0.4, 0.5) is 0 Å². The molecule has 1 aromatic heterocycles. The van der Waals surface area contributed by atoms with Crippen molar-refractivity contribution >= 4 is 49.9 Å². The van der Waals surface area contributed by atoms with E-state index in [9.17, 15) is 4.79 Å². The van der Waals surface area contributed by atoms with Crippen molar-refractivity contribution in [3.63, 3.8) is 0 Å². The van der Waals surface area contributed by atoms with E-state index in [0.29, 0.717) is 9.90 Å². The fourth-order valence-electron chi connectivity index (χ4n) is 1.82. The fourth-order valence-corrected chi connectivity index (χ4v) is 3.42. The summed E-state index contributed by atoms with van der Waals surface area (Å²) in [6.45, 7) is 4.49. The van der Waals surface area contributed by atoms with Gasteiger partial charge in [0.1, 0.15) is 4.88 Å². The van der Waals surface area contributed by atoms with E-state index in [1.54, 1.807) is 0 Å². The number of carbonyl (C=O) groups excluding carboxylic acids is 1. The van der Waals surface area contributed by atoms with Crippen LogP contribution >= 0.6 is 34.5 Å². The van der Waals surface area contributed by atoms with Crippen molar-refractivity contribution in [1.82, 2.24) is 0 Å². The molecule has 0 N–H and O–H groups in total. The molecule has 4 heteroatoms. The Bertz CT molecular complexity index is 544. The summed E-state index contributed by atoms with van der Waals surface area (Å²) in [6.07, 6.45) is 7.01. The maximum atomic E-state index is 10.9. The normalized spacial score (nSPS) is 10.2. The minimum Gasteiger partial charge on any atom is -0.275 e. The summed E-state index contributed by atoms with van der Waals surface area (Å²) in [6, 6.07) is 7.56. The number of unbranched alkanes of at least 4 members (excludes halogenated alkanes) is 4. The zero-order chi connectivity index (χ0) is 15.0. The molecule has 0 atom stereocenters. The second-order valence-corrected chi connectivity index (χ2v) is 6.35. The molecule has 1 aromatic carbocycles. The van der Waals surface area contributed by atoms with E-state index in [1.165, 1.54) is 43.4 Å². The molecule has 0 bridgehead atoms. The number of halogens is 2. The van der Waals surface area contributed by atoms with Crippen molar-refractivity contribution in [3.05, 3.63) is 34.2 Å². The molecular formula is C16H20Cl2OS. The van der Waals surface area contributed by atoms with E-state index >= 15 is 0 Å². The Balaban J connectivity index is 0.000000246. The molecule has 110 valence electrons. The lowest BCUT2D eigenvalue weighted by Crippen LogP contribution is -1.81. The van der Waals surface area contributed by atoms with Crippen LogP contribution in [0.1, 0.15) is 55.6 Å². The van der Waals surface area contributed by atoms with Gasteiger partial charge in [0, 0.05) is 10.1 Å². The van der Waals surface area contributed by atoms with Gasteiger partial charge in [-0.2, -0.15) is 0 Å². The van der Waals surface area contributed by atoms with E-state index in [0.717, 1.165) is 10.1 Å². The molecule has 0 fully saturated rings. The first-order valence-electron chi connectivity index (χ1n) is 6.98. The van der Waals surface area contributed by atoms with Crippen molar-refractivity contribution in [3.8, 4) is 0 Å². The summed E-state index contributed by atoms with van der Waals surface area (Å²) in [5.74, 6) is 0. The van der Waals surface area contributed by atoms with Crippen molar-refractivity contribution in [1.29, 1.82) is 0 Å². The van der Waals surface area contributed by atoms with Gasteiger partial charge in [0.25, 0.3) is 5.24 Å². The van der Waals surface area contributed by atoms with Crippen LogP contribution in [0.2, 0.25) is 5.02 Å². The summed E-state index contributed by atoms with van der Waals surface area (Å²) in [7, 11) is 0. The van der Waals surface area contributed by atoms with Gasteiger partial charge in [-0.15, -0.1) is 11.3 Å². The van der Waals surface area contributed by atoms with Gasteiger partial charge < -0.3 is 0 Å². The first-order valence-corrected chi connectivity index (χ1v) is 8.55. The van der Waals surface area contributed by atoms with Gasteiger partial charge in [-0.1, -0.05) is 75.8 Å². The van der Waals surface area contributed by atoms with Crippen LogP contribution < -0.4 is 0 Å². The monoisotopic (exact) mass is 330 g/mol. The average Bonchev–Trinajstić information content (AvgIpc) is 2.78. The van der Waals surface area contributed by atoms with Gasteiger partial charge in [0.2, 0.25) is 0 Å². The summed E-state index contributed by atoms with van der Waals surface area (Å²) < 4.78 is 0.983. The van der Waals surface area contributed by atoms with Crippen LogP contribution in [0.5, 0.6) is 0 Å². The molecule has 0 saturated heterocycles. The minimum absolute atomic E-state index is 0.421. The van der Waals surface area contributed by atoms with E-state index in [2.05, 4.69) is 13.8 Å². The maximum Gasteiger partial charge on any atom is 0.263 e. The Hall–Kier alpha value is -0.570. The third kappa shape index (κ3) is 5.08. The van der Waals surface area contributed by atoms with Crippen LogP contribution in [0, 0.1) is 0 Å². The Morgan fingerprint density at radius 2 is 1.70 bits per heavy atom. The van der Waals surface area contributed by atoms with Gasteiger partial charge in [0.15, 0.2) is 0 Å². The summed E-state index contributed by atoms with van der Waals surface area (Å²) >= 11 is 12.6. The van der Waals surface area contributed by atoms with E-state index < -0.39 is 5.24 Å². The molecule has 0 aliphatic rings. The molecule has 0 aliphatic carbocycles. The predicted molar refractivity (Wildman–Crippen MR) is 91.5 cm³/mol. The maximum absolute atomic E-state index is 10.9. The van der Waals surface area contributed by atoms with Crippen molar-refractivity contribution in [2.24, 2.45) is 0 Å². The van der Waals surface area contributed by atoms with E-state index in [1.807, 2.05) is 24.3 Å². The lowest BCUT2D eigenvalue weighted by molar-refractivity contribution is 0.108. The molecule has 0 saturated carbocycles. The SMILES string of the molecule is CCCCCCC.O=C(Cl)c1sc2ccccc2c1Cl. The minimum atomic E-state index is -0.494. The molecule has 2 aromatic rings. The third-order valence-electron chi connectivity index (χ3n) is 2.92. The Morgan fingerprint density at radius 1 is 1.10 bits per heavy atom. The zero-order valence-corrected chi connectivity index (χ0v) is 14.2. The standard InChI is InChI=1S/C9H4Cl2OS.C7H16/c10-7-5-3-1-2-4-6(5)13-8(7)9(11)12;1-3-5-7-6-4-2/h1-4H;3-7H2,1-2H3. The first kappa shape index (κ1) is 17.5. The lowest BCUT2D eigenvalue weighted by atomic mass is 10.2. The number of hydrogen-bond acceptors (Lipinski definition) is 2. The van der Waals surface area contributed by atoms with E-state index in [-0.39, 0.29) is 0 Å². The number of hydrogen-bond donors (Lipinski definition) is 0. The zero-order valence-electron chi connectivity index (χ0n) is 11.9. The van der Waals surface area contributed by atoms with E-state index in [4.69, 9.17) is 23.2 Å². The molecule has 0 radical (unpaired) electrons. The number of carbonyl (C=O) groups is 1. The Labute approximate surface area is 134 Å². The fraction of sp³-hybridized carbons (Fsp3) is 0.438. The van der Waals surface area contributed by atoms with Crippen molar-refractivity contribution in [2.75, 3.05) is 0 Å². The van der Waals surface area contributed by atoms with Crippen LogP contribution in [0.25, 0.3) is 10.1 Å². The first-order chi connectivity index (χ1) is 9.61. The summed E-state index contributed by atoms with van der Waals surface area (Å²) in [5.41, 5.74) is 0. The highest BCUT2D eigenvalue weighted by Crippen LogP contribution is 2.35. The molecular weight excluding hydrogens is 311 g/mol. The smallest absolute Gasteiger partial charge is 0.263 e. The molecule has 1 nitrogen and oxygen atoms in total. The second kappa shape index (κ2) is 9.38. The largest absolute Gasteiger partial charge is 0.275 e. The quantitative estimate of drug-likeness (QED) is 0.430. The van der Waals surface area contributed by atoms with Gasteiger partial charge in [-0.25, -0.2) is 0 Å². The predicted octanol–water partition coefficient (Wildman–Crippen LogP) is 6.91. The molecule has 2 rings (SSSR count). The van der Waals surface area contributed by atoms with Gasteiger partial charge in [-0.3, -0.25) is 4.79 Å². The highest BCUT2D eigenvalue weighted by Gasteiger charge is 2.14. The average molecular weight is 331 g/mol. The second-order valence-electron chi connectivity index (χ2n) is 4.58. The highest BCUT2D eigenvalue weighted by atomic mass is 35.5. The Kier molecular flexibility index (Phi) is 8.20.